The van der Waals surface area contributed by atoms with Crippen LogP contribution in [0.2, 0.25) is 0 Å². The maximum atomic E-state index is 10.9. The molecule has 13 heavy (non-hydrogen) atoms. The van der Waals surface area contributed by atoms with Crippen molar-refractivity contribution in [1.82, 2.24) is 0 Å². The number of esters is 2. The Morgan fingerprint density at radius 3 is 2.23 bits per heavy atom. The van der Waals surface area contributed by atoms with Crippen LogP contribution < -0.4 is 0 Å². The predicted molar refractivity (Wildman–Crippen MR) is 45.0 cm³/mol. The van der Waals surface area contributed by atoms with E-state index < -0.39 is 11.9 Å². The topological polar surface area (TPSA) is 52.6 Å². The Bertz CT molecular complexity index is 194. The molecular weight excluding hydrogens is 172 g/mol. The summed E-state index contributed by atoms with van der Waals surface area (Å²) in [5, 5.41) is 0. The maximum absolute atomic E-state index is 10.9. The summed E-state index contributed by atoms with van der Waals surface area (Å²) in [4.78, 5) is 21.6. The molecule has 1 fully saturated rings. The first-order valence-corrected chi connectivity index (χ1v) is 4.53. The van der Waals surface area contributed by atoms with E-state index in [2.05, 4.69) is 4.74 Å². The van der Waals surface area contributed by atoms with Gasteiger partial charge in [-0.25, -0.2) is 9.59 Å². The van der Waals surface area contributed by atoms with E-state index in [0.717, 1.165) is 25.7 Å². The predicted octanol–water partition coefficient (Wildman–Crippen LogP) is 1.04. The molecule has 0 radical (unpaired) electrons. The first-order chi connectivity index (χ1) is 6.24. The van der Waals surface area contributed by atoms with Gasteiger partial charge in [0.25, 0.3) is 0 Å². The summed E-state index contributed by atoms with van der Waals surface area (Å²) in [6.45, 7) is 0. The minimum Gasteiger partial charge on any atom is -0.461 e. The number of ether oxygens (including phenoxy) is 2. The van der Waals surface area contributed by atoms with E-state index in [4.69, 9.17) is 4.74 Å². The molecular formula is C9H14O4. The number of carbonyl (C=O) groups excluding carboxylic acids is 2. The van der Waals surface area contributed by atoms with Gasteiger partial charge in [-0.3, -0.25) is 0 Å². The third-order valence-electron chi connectivity index (χ3n) is 2.18. The van der Waals surface area contributed by atoms with Gasteiger partial charge in [-0.2, -0.15) is 0 Å². The largest absolute Gasteiger partial charge is 0.461 e. The van der Waals surface area contributed by atoms with Gasteiger partial charge in [-0.15, -0.1) is 0 Å². The number of methoxy groups -OCH3 is 1. The van der Waals surface area contributed by atoms with Crippen LogP contribution in [-0.4, -0.2) is 25.2 Å². The second-order valence-corrected chi connectivity index (χ2v) is 3.16. The van der Waals surface area contributed by atoms with E-state index in [-0.39, 0.29) is 6.10 Å². The van der Waals surface area contributed by atoms with Crippen molar-refractivity contribution in [2.45, 2.75) is 38.2 Å². The van der Waals surface area contributed by atoms with Crippen molar-refractivity contribution < 1.29 is 19.1 Å². The zero-order valence-electron chi connectivity index (χ0n) is 7.75. The number of hydrogen-bond donors (Lipinski definition) is 0. The molecule has 0 aliphatic heterocycles. The zero-order valence-corrected chi connectivity index (χ0v) is 7.75. The minimum atomic E-state index is -0.912. The van der Waals surface area contributed by atoms with Gasteiger partial charge in [-0.1, -0.05) is 6.42 Å². The average Bonchev–Trinajstić information content (AvgIpc) is 2.18. The molecule has 4 heteroatoms. The van der Waals surface area contributed by atoms with E-state index in [1.807, 2.05) is 0 Å². The lowest BCUT2D eigenvalue weighted by Gasteiger charge is -2.20. The molecule has 1 saturated carbocycles. The van der Waals surface area contributed by atoms with E-state index in [1.165, 1.54) is 13.5 Å². The Morgan fingerprint density at radius 1 is 1.08 bits per heavy atom. The highest BCUT2D eigenvalue weighted by atomic mass is 16.6. The second-order valence-electron chi connectivity index (χ2n) is 3.16. The van der Waals surface area contributed by atoms with Gasteiger partial charge in [0.1, 0.15) is 6.10 Å². The Morgan fingerprint density at radius 2 is 1.69 bits per heavy atom. The van der Waals surface area contributed by atoms with Gasteiger partial charge in [0.2, 0.25) is 0 Å². The fraction of sp³-hybridized carbons (Fsp3) is 0.778. The minimum absolute atomic E-state index is 0.0830. The SMILES string of the molecule is COC(=O)C(=O)OC1CCCCC1. The quantitative estimate of drug-likeness (QED) is 0.453. The Kier molecular flexibility index (Phi) is 3.73. The molecule has 0 aromatic heterocycles. The fourth-order valence-electron chi connectivity index (χ4n) is 1.47. The molecule has 1 aliphatic carbocycles. The van der Waals surface area contributed by atoms with Gasteiger partial charge in [0.15, 0.2) is 0 Å². The van der Waals surface area contributed by atoms with Gasteiger partial charge in [0.05, 0.1) is 7.11 Å². The summed E-state index contributed by atoms with van der Waals surface area (Å²) < 4.78 is 9.17. The van der Waals surface area contributed by atoms with Gasteiger partial charge in [-0.05, 0) is 25.7 Å². The van der Waals surface area contributed by atoms with E-state index in [0.29, 0.717) is 0 Å². The average molecular weight is 186 g/mol. The van der Waals surface area contributed by atoms with Crippen molar-refractivity contribution in [2.75, 3.05) is 7.11 Å². The van der Waals surface area contributed by atoms with Crippen LogP contribution >= 0.6 is 0 Å². The molecule has 1 rings (SSSR count). The molecule has 74 valence electrons. The third kappa shape index (κ3) is 3.05. The van der Waals surface area contributed by atoms with Crippen LogP contribution in [0.5, 0.6) is 0 Å². The van der Waals surface area contributed by atoms with Gasteiger partial charge >= 0.3 is 11.9 Å². The van der Waals surface area contributed by atoms with Crippen molar-refractivity contribution in [1.29, 1.82) is 0 Å². The van der Waals surface area contributed by atoms with Crippen LogP contribution in [-0.2, 0) is 19.1 Å². The number of rotatable bonds is 1. The van der Waals surface area contributed by atoms with Crippen molar-refractivity contribution in [2.24, 2.45) is 0 Å². The van der Waals surface area contributed by atoms with Gasteiger partial charge < -0.3 is 9.47 Å². The first kappa shape index (κ1) is 10.0. The van der Waals surface area contributed by atoms with Crippen molar-refractivity contribution in [3.8, 4) is 0 Å². The van der Waals surface area contributed by atoms with E-state index in [1.54, 1.807) is 0 Å². The van der Waals surface area contributed by atoms with Crippen LogP contribution in [0.3, 0.4) is 0 Å². The van der Waals surface area contributed by atoms with Crippen LogP contribution in [0.15, 0.2) is 0 Å². The standard InChI is InChI=1S/C9H14O4/c1-12-8(10)9(11)13-7-5-3-2-4-6-7/h7H,2-6H2,1H3. The number of hydrogen-bond acceptors (Lipinski definition) is 4. The van der Waals surface area contributed by atoms with Crippen LogP contribution in [0.25, 0.3) is 0 Å². The summed E-state index contributed by atoms with van der Waals surface area (Å²) in [5.41, 5.74) is 0. The molecule has 0 bridgehead atoms. The van der Waals surface area contributed by atoms with Crippen molar-refractivity contribution >= 4 is 11.9 Å². The third-order valence-corrected chi connectivity index (χ3v) is 2.18. The monoisotopic (exact) mass is 186 g/mol. The molecule has 1 aliphatic rings. The van der Waals surface area contributed by atoms with Crippen LogP contribution in [0.4, 0.5) is 0 Å². The molecule has 0 spiro atoms. The lowest BCUT2D eigenvalue weighted by Crippen LogP contribution is -2.26. The summed E-state index contributed by atoms with van der Waals surface area (Å²) in [6, 6.07) is 0. The molecule has 0 heterocycles. The van der Waals surface area contributed by atoms with Crippen molar-refractivity contribution in [3.05, 3.63) is 0 Å². The molecule has 0 aromatic carbocycles. The summed E-state index contributed by atoms with van der Waals surface area (Å²) in [7, 11) is 1.17. The molecule has 0 aromatic rings. The van der Waals surface area contributed by atoms with E-state index in [9.17, 15) is 9.59 Å². The lowest BCUT2D eigenvalue weighted by atomic mass is 9.98. The smallest absolute Gasteiger partial charge is 0.417 e. The van der Waals surface area contributed by atoms with Crippen LogP contribution in [0, 0.1) is 0 Å². The second kappa shape index (κ2) is 4.84. The normalized spacial score (nSPS) is 17.9. The first-order valence-electron chi connectivity index (χ1n) is 4.53. The molecule has 0 amide bonds. The lowest BCUT2D eigenvalue weighted by molar-refractivity contribution is -0.170. The highest BCUT2D eigenvalue weighted by Crippen LogP contribution is 2.20. The zero-order chi connectivity index (χ0) is 9.68. The van der Waals surface area contributed by atoms with Gasteiger partial charge in [0, 0.05) is 0 Å². The van der Waals surface area contributed by atoms with Crippen molar-refractivity contribution in [3.63, 3.8) is 0 Å². The summed E-state index contributed by atoms with van der Waals surface area (Å²) in [5.74, 6) is -1.78. The molecule has 0 unspecified atom stereocenters. The highest BCUT2D eigenvalue weighted by Gasteiger charge is 2.22. The Balaban J connectivity index is 2.30. The highest BCUT2D eigenvalue weighted by molar-refractivity contribution is 6.29. The van der Waals surface area contributed by atoms with E-state index >= 15 is 0 Å². The molecule has 0 saturated heterocycles. The summed E-state index contributed by atoms with van der Waals surface area (Å²) in [6.07, 6.45) is 4.97. The summed E-state index contributed by atoms with van der Waals surface area (Å²) >= 11 is 0. The Hall–Kier alpha value is -1.06. The maximum Gasteiger partial charge on any atom is 0.417 e. The number of carbonyl (C=O) groups is 2. The molecule has 0 atom stereocenters. The Labute approximate surface area is 77.2 Å². The molecule has 4 nitrogen and oxygen atoms in total. The molecule has 0 N–H and O–H groups in total. The van der Waals surface area contributed by atoms with Crippen LogP contribution in [0.1, 0.15) is 32.1 Å². The fourth-order valence-corrected chi connectivity index (χ4v) is 1.47.